The van der Waals surface area contributed by atoms with Crippen LogP contribution in [0.5, 0.6) is 0 Å². The number of likely N-dealkylation sites (tertiary alicyclic amines) is 1. The van der Waals surface area contributed by atoms with Crippen LogP contribution in [-0.2, 0) is 11.2 Å². The van der Waals surface area contributed by atoms with Gasteiger partial charge in [0.05, 0.1) is 11.6 Å². The zero-order valence-electron chi connectivity index (χ0n) is 9.83. The third-order valence-corrected chi connectivity index (χ3v) is 3.67. The summed E-state index contributed by atoms with van der Waals surface area (Å²) in [6, 6.07) is 0. The number of aryl methyl sites for hydroxylation is 1. The predicted octanol–water partition coefficient (Wildman–Crippen LogP) is 1.07. The molecule has 0 saturated carbocycles. The first-order valence-electron chi connectivity index (χ1n) is 5.46. The molecule has 100 valence electrons. The first-order chi connectivity index (χ1) is 8.13. The second-order valence-electron chi connectivity index (χ2n) is 3.98. The highest BCUT2D eigenvalue weighted by molar-refractivity contribution is 7.08. The first-order valence-corrected chi connectivity index (χ1v) is 6.24. The molecule has 1 fully saturated rings. The van der Waals surface area contributed by atoms with Crippen LogP contribution in [0.25, 0.3) is 0 Å². The monoisotopic (exact) mass is 291 g/mol. The lowest BCUT2D eigenvalue weighted by Crippen LogP contribution is -2.30. The molecule has 8 heteroatoms. The Bertz CT molecular complexity index is 451. The Balaban J connectivity index is 0.00000162. The number of halogens is 1. The molecule has 0 bridgehead atoms. The largest absolute Gasteiger partial charge is 0.481 e. The Morgan fingerprint density at radius 1 is 1.56 bits per heavy atom. The average Bonchev–Trinajstić information content (AvgIpc) is 2.96. The van der Waals surface area contributed by atoms with Gasteiger partial charge in [0.25, 0.3) is 5.91 Å². The van der Waals surface area contributed by atoms with E-state index < -0.39 is 11.9 Å². The number of aromatic nitrogens is 2. The maximum atomic E-state index is 12.1. The lowest BCUT2D eigenvalue weighted by molar-refractivity contribution is -0.141. The number of carbonyl (C=O) groups excluding carboxylic acids is 1. The van der Waals surface area contributed by atoms with E-state index in [1.165, 1.54) is 0 Å². The summed E-state index contributed by atoms with van der Waals surface area (Å²) < 4.78 is 3.77. The Kier molecular flexibility index (Phi) is 5.03. The van der Waals surface area contributed by atoms with Crippen molar-refractivity contribution in [3.63, 3.8) is 0 Å². The number of carboxylic acids is 1. The summed E-state index contributed by atoms with van der Waals surface area (Å²) in [4.78, 5) is 25.1. The Hall–Kier alpha value is -1.21. The van der Waals surface area contributed by atoms with Crippen molar-refractivity contribution in [2.45, 2.75) is 19.8 Å². The summed E-state index contributed by atoms with van der Waals surface area (Å²) in [6.45, 7) is 2.70. The minimum atomic E-state index is -0.835. The van der Waals surface area contributed by atoms with E-state index in [1.807, 2.05) is 6.92 Å². The number of nitrogens with zero attached hydrogens (tertiary/aromatic N) is 3. The fourth-order valence-corrected chi connectivity index (χ4v) is 2.61. The van der Waals surface area contributed by atoms with Crippen LogP contribution in [0.3, 0.4) is 0 Å². The second kappa shape index (κ2) is 6.10. The van der Waals surface area contributed by atoms with Crippen LogP contribution >= 0.6 is 23.9 Å². The van der Waals surface area contributed by atoms with Gasteiger partial charge in [-0.1, -0.05) is 11.4 Å². The number of hydrogen-bond acceptors (Lipinski definition) is 5. The van der Waals surface area contributed by atoms with Gasteiger partial charge in [0, 0.05) is 13.1 Å². The van der Waals surface area contributed by atoms with Crippen molar-refractivity contribution >= 4 is 35.8 Å². The molecule has 0 aromatic carbocycles. The van der Waals surface area contributed by atoms with Gasteiger partial charge in [-0.3, -0.25) is 9.59 Å². The van der Waals surface area contributed by atoms with Gasteiger partial charge >= 0.3 is 5.97 Å². The molecule has 0 spiro atoms. The highest BCUT2D eigenvalue weighted by atomic mass is 35.5. The Morgan fingerprint density at radius 3 is 2.83 bits per heavy atom. The number of amides is 1. The molecule has 1 unspecified atom stereocenters. The van der Waals surface area contributed by atoms with Crippen molar-refractivity contribution in [3.8, 4) is 0 Å². The van der Waals surface area contributed by atoms with Crippen LogP contribution < -0.4 is 0 Å². The van der Waals surface area contributed by atoms with Gasteiger partial charge in [0.2, 0.25) is 0 Å². The van der Waals surface area contributed by atoms with E-state index in [0.29, 0.717) is 30.0 Å². The summed E-state index contributed by atoms with van der Waals surface area (Å²) in [5.41, 5.74) is 0.693. The van der Waals surface area contributed by atoms with Gasteiger partial charge in [-0.15, -0.1) is 17.5 Å². The second-order valence-corrected chi connectivity index (χ2v) is 4.73. The third kappa shape index (κ3) is 2.78. The van der Waals surface area contributed by atoms with Crippen LogP contribution in [-0.4, -0.2) is 44.6 Å². The Labute approximate surface area is 115 Å². The third-order valence-electron chi connectivity index (χ3n) is 2.91. The summed E-state index contributed by atoms with van der Waals surface area (Å²) in [7, 11) is 0. The van der Waals surface area contributed by atoms with Crippen molar-refractivity contribution < 1.29 is 14.7 Å². The fraction of sp³-hybridized carbons (Fsp3) is 0.600. The molecule has 1 N–H and O–H groups in total. The van der Waals surface area contributed by atoms with Crippen LogP contribution in [0.1, 0.15) is 28.7 Å². The van der Waals surface area contributed by atoms with Crippen LogP contribution in [0, 0.1) is 5.92 Å². The van der Waals surface area contributed by atoms with Crippen LogP contribution in [0.2, 0.25) is 0 Å². The fourth-order valence-electron chi connectivity index (χ4n) is 1.89. The van der Waals surface area contributed by atoms with Gasteiger partial charge in [-0.25, -0.2) is 0 Å². The van der Waals surface area contributed by atoms with E-state index in [1.54, 1.807) is 4.90 Å². The molecular weight excluding hydrogens is 278 g/mol. The standard InChI is InChI=1S/C10H13N3O3S.ClH/c1-2-7-8(17-12-11-7)9(14)13-4-3-6(5-13)10(15)16;/h6H,2-5H2,1H3,(H,15,16);1H. The summed E-state index contributed by atoms with van der Waals surface area (Å²) >= 11 is 1.08. The van der Waals surface area contributed by atoms with E-state index >= 15 is 0 Å². The molecule has 1 aliphatic heterocycles. The summed E-state index contributed by atoms with van der Waals surface area (Å²) in [6.07, 6.45) is 1.18. The first kappa shape index (κ1) is 14.8. The molecule has 1 aromatic rings. The zero-order chi connectivity index (χ0) is 12.4. The quantitative estimate of drug-likeness (QED) is 0.900. The summed E-state index contributed by atoms with van der Waals surface area (Å²) in [5, 5.41) is 12.8. The van der Waals surface area contributed by atoms with Crippen LogP contribution in [0.4, 0.5) is 0 Å². The van der Waals surface area contributed by atoms with E-state index in [-0.39, 0.29) is 24.9 Å². The minimum absolute atomic E-state index is 0. The average molecular weight is 292 g/mol. The van der Waals surface area contributed by atoms with Crippen molar-refractivity contribution in [2.24, 2.45) is 5.92 Å². The van der Waals surface area contributed by atoms with Gasteiger partial charge in [-0.2, -0.15) is 0 Å². The lowest BCUT2D eigenvalue weighted by atomic mass is 10.1. The molecule has 0 radical (unpaired) electrons. The molecule has 1 aromatic heterocycles. The van der Waals surface area contributed by atoms with E-state index in [0.717, 1.165) is 11.5 Å². The van der Waals surface area contributed by atoms with Crippen molar-refractivity contribution in [1.29, 1.82) is 0 Å². The Morgan fingerprint density at radius 2 is 2.28 bits per heavy atom. The SMILES string of the molecule is CCc1nnsc1C(=O)N1CCC(C(=O)O)C1.Cl. The molecule has 2 rings (SSSR count). The van der Waals surface area contributed by atoms with E-state index in [4.69, 9.17) is 5.11 Å². The number of aliphatic carboxylic acids is 1. The highest BCUT2D eigenvalue weighted by Gasteiger charge is 2.32. The molecule has 1 amide bonds. The van der Waals surface area contributed by atoms with Gasteiger partial charge in [-0.05, 0) is 24.4 Å². The molecular formula is C10H14ClN3O3S. The number of rotatable bonds is 3. The number of carbonyl (C=O) groups is 2. The molecule has 6 nitrogen and oxygen atoms in total. The normalized spacial score (nSPS) is 18.5. The maximum absolute atomic E-state index is 12.1. The molecule has 18 heavy (non-hydrogen) atoms. The van der Waals surface area contributed by atoms with Gasteiger partial charge in [0.15, 0.2) is 0 Å². The molecule has 1 atom stereocenters. The predicted molar refractivity (Wildman–Crippen MR) is 68.2 cm³/mol. The van der Waals surface area contributed by atoms with E-state index in [2.05, 4.69) is 9.59 Å². The number of hydrogen-bond donors (Lipinski definition) is 1. The molecule has 1 saturated heterocycles. The highest BCUT2D eigenvalue weighted by Crippen LogP contribution is 2.21. The number of carboxylic acid groups (broad SMARTS) is 1. The van der Waals surface area contributed by atoms with Crippen molar-refractivity contribution in [2.75, 3.05) is 13.1 Å². The van der Waals surface area contributed by atoms with Crippen LogP contribution in [0.15, 0.2) is 0 Å². The topological polar surface area (TPSA) is 83.4 Å². The van der Waals surface area contributed by atoms with Gasteiger partial charge in [0.1, 0.15) is 4.88 Å². The molecule has 2 heterocycles. The maximum Gasteiger partial charge on any atom is 0.308 e. The minimum Gasteiger partial charge on any atom is -0.481 e. The molecule has 1 aliphatic rings. The summed E-state index contributed by atoms with van der Waals surface area (Å²) in [5.74, 6) is -1.41. The van der Waals surface area contributed by atoms with Crippen molar-refractivity contribution in [3.05, 3.63) is 10.6 Å². The van der Waals surface area contributed by atoms with Gasteiger partial charge < -0.3 is 10.0 Å². The lowest BCUT2D eigenvalue weighted by Gasteiger charge is -2.14. The smallest absolute Gasteiger partial charge is 0.308 e. The zero-order valence-corrected chi connectivity index (χ0v) is 11.5. The van der Waals surface area contributed by atoms with Crippen molar-refractivity contribution in [1.82, 2.24) is 14.5 Å². The van der Waals surface area contributed by atoms with E-state index in [9.17, 15) is 9.59 Å². The molecule has 0 aliphatic carbocycles.